The summed E-state index contributed by atoms with van der Waals surface area (Å²) in [7, 11) is 0. The van der Waals surface area contributed by atoms with E-state index in [1.807, 2.05) is 19.9 Å². The van der Waals surface area contributed by atoms with E-state index in [2.05, 4.69) is 10.6 Å². The van der Waals surface area contributed by atoms with E-state index in [-0.39, 0.29) is 17.2 Å². The Morgan fingerprint density at radius 3 is 2.19 bits per heavy atom. The fourth-order valence-electron chi connectivity index (χ4n) is 3.10. The van der Waals surface area contributed by atoms with Crippen LogP contribution >= 0.6 is 0 Å². The van der Waals surface area contributed by atoms with Crippen LogP contribution in [0.5, 0.6) is 0 Å². The van der Waals surface area contributed by atoms with Gasteiger partial charge in [0.1, 0.15) is 5.66 Å². The molecule has 0 atom stereocenters. The lowest BCUT2D eigenvalue weighted by atomic mass is 9.83. The Kier molecular flexibility index (Phi) is 2.15. The van der Waals surface area contributed by atoms with Crippen molar-refractivity contribution in [2.75, 3.05) is 10.6 Å². The second-order valence-electron chi connectivity index (χ2n) is 5.99. The summed E-state index contributed by atoms with van der Waals surface area (Å²) in [4.78, 5) is 25.4. The van der Waals surface area contributed by atoms with Crippen molar-refractivity contribution in [1.29, 1.82) is 0 Å². The van der Waals surface area contributed by atoms with Gasteiger partial charge in [-0.1, -0.05) is 24.3 Å². The molecule has 1 aliphatic carbocycles. The first kappa shape index (κ1) is 12.1. The summed E-state index contributed by atoms with van der Waals surface area (Å²) >= 11 is 0. The van der Waals surface area contributed by atoms with Crippen molar-refractivity contribution in [3.63, 3.8) is 0 Å². The highest BCUT2D eigenvalue weighted by atomic mass is 16.1. The number of carbonyl (C=O) groups excluding carboxylic acids is 2. The molecule has 21 heavy (non-hydrogen) atoms. The van der Waals surface area contributed by atoms with Crippen molar-refractivity contribution in [1.82, 2.24) is 0 Å². The second kappa shape index (κ2) is 3.73. The van der Waals surface area contributed by atoms with Gasteiger partial charge in [-0.2, -0.15) is 0 Å². The molecule has 2 aromatic rings. The van der Waals surface area contributed by atoms with Gasteiger partial charge in [-0.25, -0.2) is 0 Å². The SMILES string of the molecule is CC1(C)Nc2ccc3c(c2N1)C(=O)c1ccccc1C3=O. The zero-order valence-electron chi connectivity index (χ0n) is 11.8. The first-order valence-corrected chi connectivity index (χ1v) is 6.90. The van der Waals surface area contributed by atoms with Crippen LogP contribution < -0.4 is 10.6 Å². The van der Waals surface area contributed by atoms with Crippen LogP contribution in [-0.2, 0) is 0 Å². The molecule has 4 rings (SSSR count). The van der Waals surface area contributed by atoms with Crippen LogP contribution in [0.25, 0.3) is 0 Å². The lowest BCUT2D eigenvalue weighted by molar-refractivity contribution is 0.0979. The van der Waals surface area contributed by atoms with Crippen molar-refractivity contribution < 1.29 is 9.59 Å². The van der Waals surface area contributed by atoms with Crippen molar-refractivity contribution >= 4 is 22.9 Å². The molecular weight excluding hydrogens is 264 g/mol. The molecule has 2 N–H and O–H groups in total. The maximum Gasteiger partial charge on any atom is 0.196 e. The largest absolute Gasteiger partial charge is 0.362 e. The normalized spacial score (nSPS) is 17.4. The van der Waals surface area contributed by atoms with E-state index in [1.54, 1.807) is 30.3 Å². The van der Waals surface area contributed by atoms with E-state index in [0.717, 1.165) is 11.4 Å². The summed E-state index contributed by atoms with van der Waals surface area (Å²) in [5.41, 5.74) is 3.18. The van der Waals surface area contributed by atoms with Gasteiger partial charge in [0.05, 0.1) is 16.9 Å². The van der Waals surface area contributed by atoms with Crippen molar-refractivity contribution in [2.24, 2.45) is 0 Å². The average Bonchev–Trinajstić information content (AvgIpc) is 2.78. The predicted octanol–water partition coefficient (Wildman–Crippen LogP) is 3.04. The minimum Gasteiger partial charge on any atom is -0.362 e. The van der Waals surface area contributed by atoms with Crippen LogP contribution in [0.4, 0.5) is 11.4 Å². The number of benzene rings is 2. The number of hydrogen-bond donors (Lipinski definition) is 2. The summed E-state index contributed by atoms with van der Waals surface area (Å²) in [5, 5.41) is 6.61. The van der Waals surface area contributed by atoms with Gasteiger partial charge in [0.2, 0.25) is 0 Å². The van der Waals surface area contributed by atoms with Crippen LogP contribution in [-0.4, -0.2) is 17.2 Å². The Labute approximate surface area is 122 Å². The van der Waals surface area contributed by atoms with E-state index in [1.165, 1.54) is 0 Å². The molecule has 0 saturated heterocycles. The number of carbonyl (C=O) groups is 2. The van der Waals surface area contributed by atoms with Gasteiger partial charge in [0.15, 0.2) is 11.6 Å². The predicted molar refractivity (Wildman–Crippen MR) is 81.1 cm³/mol. The lowest BCUT2D eigenvalue weighted by Gasteiger charge is -2.21. The molecule has 0 spiro atoms. The monoisotopic (exact) mass is 278 g/mol. The molecule has 4 heteroatoms. The summed E-state index contributed by atoms with van der Waals surface area (Å²) in [6.45, 7) is 3.98. The summed E-state index contributed by atoms with van der Waals surface area (Å²) in [6.07, 6.45) is 0. The fourth-order valence-corrected chi connectivity index (χ4v) is 3.10. The Morgan fingerprint density at radius 1 is 0.810 bits per heavy atom. The maximum absolute atomic E-state index is 12.8. The zero-order valence-corrected chi connectivity index (χ0v) is 11.8. The van der Waals surface area contributed by atoms with Gasteiger partial charge < -0.3 is 10.6 Å². The molecule has 0 amide bonds. The second-order valence-corrected chi connectivity index (χ2v) is 5.99. The summed E-state index contributed by atoms with van der Waals surface area (Å²) < 4.78 is 0. The van der Waals surface area contributed by atoms with Gasteiger partial charge in [-0.05, 0) is 26.0 Å². The molecule has 1 aliphatic heterocycles. The lowest BCUT2D eigenvalue weighted by Crippen LogP contribution is -2.34. The van der Waals surface area contributed by atoms with Gasteiger partial charge >= 0.3 is 0 Å². The van der Waals surface area contributed by atoms with Gasteiger partial charge in [-0.3, -0.25) is 9.59 Å². The Morgan fingerprint density at radius 2 is 1.48 bits per heavy atom. The number of ketones is 2. The minimum absolute atomic E-state index is 0.0884. The summed E-state index contributed by atoms with van der Waals surface area (Å²) in [5.74, 6) is -0.182. The molecule has 1 heterocycles. The number of anilines is 2. The molecule has 0 unspecified atom stereocenters. The summed E-state index contributed by atoms with van der Waals surface area (Å²) in [6, 6.07) is 10.6. The van der Waals surface area contributed by atoms with Gasteiger partial charge in [0.25, 0.3) is 0 Å². The maximum atomic E-state index is 12.8. The van der Waals surface area contributed by atoms with Gasteiger partial charge in [0, 0.05) is 16.7 Å². The van der Waals surface area contributed by atoms with E-state index in [4.69, 9.17) is 0 Å². The highest BCUT2D eigenvalue weighted by Gasteiger charge is 2.37. The van der Waals surface area contributed by atoms with E-state index in [9.17, 15) is 9.59 Å². The highest BCUT2D eigenvalue weighted by Crippen LogP contribution is 2.41. The van der Waals surface area contributed by atoms with Crippen LogP contribution in [0.15, 0.2) is 36.4 Å². The van der Waals surface area contributed by atoms with Crippen molar-refractivity contribution in [3.05, 3.63) is 58.7 Å². The third-order valence-corrected chi connectivity index (χ3v) is 3.98. The van der Waals surface area contributed by atoms with Crippen LogP contribution in [0.1, 0.15) is 45.7 Å². The molecule has 4 nitrogen and oxygen atoms in total. The van der Waals surface area contributed by atoms with E-state index < -0.39 is 0 Å². The fraction of sp³-hybridized carbons (Fsp3) is 0.176. The minimum atomic E-state index is -0.336. The Balaban J connectivity index is 2.00. The molecule has 0 bridgehead atoms. The number of fused-ring (bicyclic) bond motifs is 4. The van der Waals surface area contributed by atoms with Crippen LogP contribution in [0.2, 0.25) is 0 Å². The van der Waals surface area contributed by atoms with E-state index >= 15 is 0 Å². The zero-order chi connectivity index (χ0) is 14.8. The number of nitrogens with one attached hydrogen (secondary N) is 2. The quantitative estimate of drug-likeness (QED) is 0.663. The number of hydrogen-bond acceptors (Lipinski definition) is 4. The molecule has 2 aromatic carbocycles. The topological polar surface area (TPSA) is 58.2 Å². The average molecular weight is 278 g/mol. The van der Waals surface area contributed by atoms with Gasteiger partial charge in [-0.15, -0.1) is 0 Å². The molecule has 104 valence electrons. The first-order valence-electron chi connectivity index (χ1n) is 6.90. The third kappa shape index (κ3) is 1.56. The smallest absolute Gasteiger partial charge is 0.196 e. The molecular formula is C17H14N2O2. The van der Waals surface area contributed by atoms with Crippen molar-refractivity contribution in [3.8, 4) is 0 Å². The molecule has 0 aromatic heterocycles. The first-order chi connectivity index (χ1) is 9.98. The van der Waals surface area contributed by atoms with Crippen LogP contribution in [0, 0.1) is 0 Å². The Bertz CT molecular complexity index is 822. The van der Waals surface area contributed by atoms with Crippen LogP contribution in [0.3, 0.4) is 0 Å². The molecule has 0 radical (unpaired) electrons. The number of rotatable bonds is 0. The molecule has 0 saturated carbocycles. The van der Waals surface area contributed by atoms with E-state index in [0.29, 0.717) is 22.3 Å². The molecule has 0 fully saturated rings. The van der Waals surface area contributed by atoms with Crippen molar-refractivity contribution in [2.45, 2.75) is 19.5 Å². The standard InChI is InChI=1S/C17H14N2O2/c1-17(2)18-12-8-7-11-13(14(12)19-17)16(21)10-6-4-3-5-9(10)15(11)20/h3-8,18-19H,1-2H3. The molecule has 2 aliphatic rings. The third-order valence-electron chi connectivity index (χ3n) is 3.98. The Hall–Kier alpha value is -2.62. The highest BCUT2D eigenvalue weighted by molar-refractivity contribution is 6.31.